The minimum absolute atomic E-state index is 0.0700. The number of nitrogens with two attached hydrogens (primary N) is 1. The third kappa shape index (κ3) is 3.66. The van der Waals surface area contributed by atoms with Crippen LogP contribution in [-0.2, 0) is 6.61 Å². The maximum absolute atomic E-state index is 6.00. The number of benzene rings is 2. The van der Waals surface area contributed by atoms with Gasteiger partial charge in [-0.2, -0.15) is 0 Å². The van der Waals surface area contributed by atoms with Crippen LogP contribution in [0.2, 0.25) is 10.0 Å². The number of halogens is 2. The molecule has 0 saturated carbocycles. The second-order valence-electron chi connectivity index (χ2n) is 4.87. The zero-order chi connectivity index (χ0) is 14.7. The SMILES string of the molecule is Cc1ccc(C(C)N)c(OCc2ccc(Cl)c(Cl)c2)c1. The van der Waals surface area contributed by atoms with E-state index >= 15 is 0 Å². The van der Waals surface area contributed by atoms with Gasteiger partial charge in [0.05, 0.1) is 10.0 Å². The molecule has 0 aliphatic heterocycles. The molecule has 0 bridgehead atoms. The third-order valence-electron chi connectivity index (χ3n) is 3.04. The quantitative estimate of drug-likeness (QED) is 0.871. The van der Waals surface area contributed by atoms with Crippen molar-refractivity contribution in [3.8, 4) is 5.75 Å². The molecule has 0 aliphatic carbocycles. The Morgan fingerprint density at radius 3 is 2.50 bits per heavy atom. The lowest BCUT2D eigenvalue weighted by molar-refractivity contribution is 0.301. The Balaban J connectivity index is 2.17. The second kappa shape index (κ2) is 6.49. The van der Waals surface area contributed by atoms with E-state index < -0.39 is 0 Å². The van der Waals surface area contributed by atoms with Crippen LogP contribution in [0.3, 0.4) is 0 Å². The third-order valence-corrected chi connectivity index (χ3v) is 3.78. The molecule has 2 nitrogen and oxygen atoms in total. The Labute approximate surface area is 129 Å². The first kappa shape index (κ1) is 15.2. The van der Waals surface area contributed by atoms with Crippen molar-refractivity contribution >= 4 is 23.2 Å². The van der Waals surface area contributed by atoms with Gasteiger partial charge in [0.1, 0.15) is 12.4 Å². The van der Waals surface area contributed by atoms with Gasteiger partial charge in [-0.1, -0.05) is 41.4 Å². The summed E-state index contributed by atoms with van der Waals surface area (Å²) in [4.78, 5) is 0. The fourth-order valence-corrected chi connectivity index (χ4v) is 2.25. The van der Waals surface area contributed by atoms with Crippen molar-refractivity contribution in [3.63, 3.8) is 0 Å². The summed E-state index contributed by atoms with van der Waals surface area (Å²) in [6.07, 6.45) is 0. The first-order valence-corrected chi connectivity index (χ1v) is 7.16. The Morgan fingerprint density at radius 1 is 1.10 bits per heavy atom. The molecule has 0 spiro atoms. The van der Waals surface area contributed by atoms with E-state index in [2.05, 4.69) is 0 Å². The van der Waals surface area contributed by atoms with Crippen molar-refractivity contribution in [3.05, 3.63) is 63.1 Å². The minimum atomic E-state index is -0.0700. The van der Waals surface area contributed by atoms with E-state index in [-0.39, 0.29) is 6.04 Å². The molecule has 0 saturated heterocycles. The molecule has 2 N–H and O–H groups in total. The molecular formula is C16H17Cl2NO. The van der Waals surface area contributed by atoms with Crippen LogP contribution in [0.25, 0.3) is 0 Å². The molecule has 4 heteroatoms. The molecule has 0 amide bonds. The molecule has 0 aromatic heterocycles. The lowest BCUT2D eigenvalue weighted by atomic mass is 10.1. The van der Waals surface area contributed by atoms with Gasteiger partial charge in [-0.15, -0.1) is 0 Å². The fraction of sp³-hybridized carbons (Fsp3) is 0.250. The summed E-state index contributed by atoms with van der Waals surface area (Å²) >= 11 is 11.9. The molecular weight excluding hydrogens is 293 g/mol. The van der Waals surface area contributed by atoms with Gasteiger partial charge < -0.3 is 10.5 Å². The highest BCUT2D eigenvalue weighted by molar-refractivity contribution is 6.42. The van der Waals surface area contributed by atoms with Crippen molar-refractivity contribution in [2.75, 3.05) is 0 Å². The van der Waals surface area contributed by atoms with Crippen LogP contribution in [-0.4, -0.2) is 0 Å². The van der Waals surface area contributed by atoms with Crippen molar-refractivity contribution in [2.24, 2.45) is 5.73 Å². The smallest absolute Gasteiger partial charge is 0.124 e. The standard InChI is InChI=1S/C16H17Cl2NO/c1-10-3-5-13(11(2)19)16(7-10)20-9-12-4-6-14(17)15(18)8-12/h3-8,11H,9,19H2,1-2H3. The lowest BCUT2D eigenvalue weighted by Gasteiger charge is -2.15. The summed E-state index contributed by atoms with van der Waals surface area (Å²) in [6.45, 7) is 4.40. The molecule has 0 heterocycles. The van der Waals surface area contributed by atoms with Gasteiger partial charge in [0.2, 0.25) is 0 Å². The monoisotopic (exact) mass is 309 g/mol. The highest BCUT2D eigenvalue weighted by Gasteiger charge is 2.09. The molecule has 0 fully saturated rings. The Morgan fingerprint density at radius 2 is 1.85 bits per heavy atom. The Hall–Kier alpha value is -1.22. The number of aryl methyl sites for hydroxylation is 1. The molecule has 2 rings (SSSR count). The van der Waals surface area contributed by atoms with E-state index in [1.165, 1.54) is 0 Å². The average Bonchev–Trinajstić information content (AvgIpc) is 2.40. The topological polar surface area (TPSA) is 35.2 Å². The van der Waals surface area contributed by atoms with E-state index in [0.717, 1.165) is 22.4 Å². The van der Waals surface area contributed by atoms with Crippen molar-refractivity contribution in [1.82, 2.24) is 0 Å². The van der Waals surface area contributed by atoms with Crippen molar-refractivity contribution in [1.29, 1.82) is 0 Å². The van der Waals surface area contributed by atoms with E-state index in [1.807, 2.05) is 44.2 Å². The van der Waals surface area contributed by atoms with Crippen LogP contribution in [0, 0.1) is 6.92 Å². The van der Waals surface area contributed by atoms with Gasteiger partial charge >= 0.3 is 0 Å². The summed E-state index contributed by atoms with van der Waals surface area (Å²) in [7, 11) is 0. The molecule has 0 aliphatic rings. The maximum atomic E-state index is 6.00. The molecule has 106 valence electrons. The molecule has 1 atom stereocenters. The van der Waals surface area contributed by atoms with E-state index in [0.29, 0.717) is 16.7 Å². The Bertz CT molecular complexity index is 611. The van der Waals surface area contributed by atoms with Crippen molar-refractivity contribution in [2.45, 2.75) is 26.5 Å². The number of hydrogen-bond acceptors (Lipinski definition) is 2. The van der Waals surface area contributed by atoms with Crippen LogP contribution in [0.15, 0.2) is 36.4 Å². The van der Waals surface area contributed by atoms with Gasteiger partial charge in [0, 0.05) is 11.6 Å². The Kier molecular flexibility index (Phi) is 4.92. The molecule has 2 aromatic carbocycles. The van der Waals surface area contributed by atoms with Crippen LogP contribution in [0.4, 0.5) is 0 Å². The van der Waals surface area contributed by atoms with Gasteiger partial charge in [0.15, 0.2) is 0 Å². The van der Waals surface area contributed by atoms with Crippen LogP contribution >= 0.6 is 23.2 Å². The van der Waals surface area contributed by atoms with Crippen molar-refractivity contribution < 1.29 is 4.74 Å². The van der Waals surface area contributed by atoms with Crippen LogP contribution in [0.1, 0.15) is 29.7 Å². The second-order valence-corrected chi connectivity index (χ2v) is 5.68. The molecule has 1 unspecified atom stereocenters. The predicted molar refractivity (Wildman–Crippen MR) is 84.6 cm³/mol. The van der Waals surface area contributed by atoms with Crippen LogP contribution in [0.5, 0.6) is 5.75 Å². The number of hydrogen-bond donors (Lipinski definition) is 1. The highest BCUT2D eigenvalue weighted by atomic mass is 35.5. The average molecular weight is 310 g/mol. The number of rotatable bonds is 4. The summed E-state index contributed by atoms with van der Waals surface area (Å²) in [5.74, 6) is 0.811. The lowest BCUT2D eigenvalue weighted by Crippen LogP contribution is -2.08. The van der Waals surface area contributed by atoms with Gasteiger partial charge in [0.25, 0.3) is 0 Å². The largest absolute Gasteiger partial charge is 0.489 e. The summed E-state index contributed by atoms with van der Waals surface area (Å²) < 4.78 is 5.88. The normalized spacial score (nSPS) is 12.2. The summed E-state index contributed by atoms with van der Waals surface area (Å²) in [5.41, 5.74) is 9.06. The zero-order valence-corrected chi connectivity index (χ0v) is 13.0. The summed E-state index contributed by atoms with van der Waals surface area (Å²) in [6, 6.07) is 11.4. The first-order valence-electron chi connectivity index (χ1n) is 6.40. The van der Waals surface area contributed by atoms with Crippen LogP contribution < -0.4 is 10.5 Å². The van der Waals surface area contributed by atoms with Gasteiger partial charge in [-0.25, -0.2) is 0 Å². The first-order chi connectivity index (χ1) is 9.47. The molecule has 0 radical (unpaired) electrons. The van der Waals surface area contributed by atoms with E-state index in [9.17, 15) is 0 Å². The highest BCUT2D eigenvalue weighted by Crippen LogP contribution is 2.27. The maximum Gasteiger partial charge on any atom is 0.124 e. The molecule has 20 heavy (non-hydrogen) atoms. The predicted octanol–water partition coefficient (Wildman–Crippen LogP) is 4.90. The zero-order valence-electron chi connectivity index (χ0n) is 11.5. The number of ether oxygens (including phenoxy) is 1. The molecule has 2 aromatic rings. The van der Waals surface area contributed by atoms with E-state index in [4.69, 9.17) is 33.7 Å². The summed E-state index contributed by atoms with van der Waals surface area (Å²) in [5, 5.41) is 1.08. The minimum Gasteiger partial charge on any atom is -0.489 e. The fourth-order valence-electron chi connectivity index (χ4n) is 1.93. The van der Waals surface area contributed by atoms with Gasteiger partial charge in [-0.3, -0.25) is 0 Å². The van der Waals surface area contributed by atoms with Gasteiger partial charge in [-0.05, 0) is 43.2 Å². The van der Waals surface area contributed by atoms with E-state index in [1.54, 1.807) is 6.07 Å².